The molecule has 1 aromatic rings. The van der Waals surface area contributed by atoms with Crippen LogP contribution in [-0.4, -0.2) is 24.3 Å². The monoisotopic (exact) mass is 303 g/mol. The number of hydrogen-bond acceptors (Lipinski definition) is 3. The highest BCUT2D eigenvalue weighted by molar-refractivity contribution is 9.11. The summed E-state index contributed by atoms with van der Waals surface area (Å²) in [5.41, 5.74) is 1.00. The van der Waals surface area contributed by atoms with Crippen LogP contribution < -0.4 is 0 Å². The van der Waals surface area contributed by atoms with Crippen LogP contribution in [0.25, 0.3) is 0 Å². The summed E-state index contributed by atoms with van der Waals surface area (Å²) in [5, 5.41) is 2.11. The Hall–Kier alpha value is -0.190. The number of hydrogen-bond donors (Lipinski definition) is 0. The minimum absolute atomic E-state index is 0.247. The zero-order valence-electron chi connectivity index (χ0n) is 10.2. The van der Waals surface area contributed by atoms with Gasteiger partial charge >= 0.3 is 0 Å². The Bertz CT molecular complexity index is 367. The van der Waals surface area contributed by atoms with Crippen molar-refractivity contribution < 1.29 is 4.79 Å². The van der Waals surface area contributed by atoms with Gasteiger partial charge in [-0.05, 0) is 40.0 Å². The van der Waals surface area contributed by atoms with E-state index in [1.165, 1.54) is 5.56 Å². The van der Waals surface area contributed by atoms with E-state index >= 15 is 0 Å². The molecule has 0 aromatic carbocycles. The molecular formula is C12H18BrNOS. The molecule has 4 heteroatoms. The fourth-order valence-corrected chi connectivity index (χ4v) is 2.48. The third kappa shape index (κ3) is 4.36. The predicted octanol–water partition coefficient (Wildman–Crippen LogP) is 3.56. The van der Waals surface area contributed by atoms with Crippen LogP contribution in [0.4, 0.5) is 0 Å². The number of carbonyl (C=O) groups excluding carboxylic acids is 1. The third-order valence-electron chi connectivity index (χ3n) is 2.32. The maximum Gasteiger partial charge on any atom is 0.152 e. The van der Waals surface area contributed by atoms with E-state index < -0.39 is 0 Å². The van der Waals surface area contributed by atoms with Gasteiger partial charge < -0.3 is 0 Å². The number of thiophene rings is 1. The van der Waals surface area contributed by atoms with Crippen molar-refractivity contribution in [3.63, 3.8) is 0 Å². The smallest absolute Gasteiger partial charge is 0.152 e. The van der Waals surface area contributed by atoms with Gasteiger partial charge in [-0.25, -0.2) is 0 Å². The molecule has 0 aliphatic heterocycles. The largest absolute Gasteiger partial charge is 0.298 e. The molecule has 0 N–H and O–H groups in total. The predicted molar refractivity (Wildman–Crippen MR) is 72.8 cm³/mol. The van der Waals surface area contributed by atoms with Crippen molar-refractivity contribution >= 4 is 33.0 Å². The molecular weight excluding hydrogens is 286 g/mol. The van der Waals surface area contributed by atoms with E-state index in [1.807, 2.05) is 27.8 Å². The van der Waals surface area contributed by atoms with E-state index in [1.54, 1.807) is 11.3 Å². The van der Waals surface area contributed by atoms with Gasteiger partial charge in [-0.15, -0.1) is 11.3 Å². The molecule has 0 fully saturated rings. The molecule has 0 radical (unpaired) electrons. The molecule has 0 amide bonds. The molecule has 1 rings (SSSR count). The molecule has 90 valence electrons. The van der Waals surface area contributed by atoms with Crippen molar-refractivity contribution in [2.24, 2.45) is 5.41 Å². The van der Waals surface area contributed by atoms with Gasteiger partial charge in [0, 0.05) is 12.0 Å². The van der Waals surface area contributed by atoms with Crippen molar-refractivity contribution in [3.05, 3.63) is 20.8 Å². The van der Waals surface area contributed by atoms with Gasteiger partial charge in [-0.1, -0.05) is 20.8 Å². The number of halogens is 1. The summed E-state index contributed by atoms with van der Waals surface area (Å²) in [6, 6.07) is 2.10. The summed E-state index contributed by atoms with van der Waals surface area (Å²) in [6.07, 6.45) is 0. The van der Waals surface area contributed by atoms with Crippen molar-refractivity contribution in [2.45, 2.75) is 27.3 Å². The Morgan fingerprint density at radius 2 is 2.12 bits per heavy atom. The number of carbonyl (C=O) groups is 1. The van der Waals surface area contributed by atoms with Crippen LogP contribution in [0.2, 0.25) is 0 Å². The molecule has 2 nitrogen and oxygen atoms in total. The lowest BCUT2D eigenvalue weighted by atomic mass is 9.90. The zero-order chi connectivity index (χ0) is 12.3. The molecule has 1 aromatic heterocycles. The van der Waals surface area contributed by atoms with Gasteiger partial charge in [0.2, 0.25) is 0 Å². The first-order chi connectivity index (χ1) is 7.29. The SMILES string of the molecule is CN(CC(=O)C(C)(C)C)Cc1csc(Br)c1. The summed E-state index contributed by atoms with van der Waals surface area (Å²) < 4.78 is 1.14. The van der Waals surface area contributed by atoms with Crippen LogP contribution in [0.3, 0.4) is 0 Å². The lowest BCUT2D eigenvalue weighted by Gasteiger charge is -2.21. The molecule has 0 atom stereocenters. The van der Waals surface area contributed by atoms with Gasteiger partial charge in [0.05, 0.1) is 10.3 Å². The van der Waals surface area contributed by atoms with Gasteiger partial charge in [0.25, 0.3) is 0 Å². The maximum absolute atomic E-state index is 11.8. The Morgan fingerprint density at radius 1 is 1.50 bits per heavy atom. The van der Waals surface area contributed by atoms with E-state index in [2.05, 4.69) is 32.3 Å². The second kappa shape index (κ2) is 5.43. The van der Waals surface area contributed by atoms with Crippen LogP contribution >= 0.6 is 27.3 Å². The number of ketones is 1. The molecule has 0 bridgehead atoms. The van der Waals surface area contributed by atoms with Gasteiger partial charge in [-0.2, -0.15) is 0 Å². The van der Waals surface area contributed by atoms with E-state index in [9.17, 15) is 4.79 Å². The average Bonchev–Trinajstić information content (AvgIpc) is 2.49. The lowest BCUT2D eigenvalue weighted by Crippen LogP contribution is -2.33. The van der Waals surface area contributed by atoms with Crippen LogP contribution in [0.5, 0.6) is 0 Å². The first-order valence-corrected chi connectivity index (χ1v) is 6.91. The number of likely N-dealkylation sites (N-methyl/N-ethyl adjacent to an activating group) is 1. The van der Waals surface area contributed by atoms with Gasteiger partial charge in [0.1, 0.15) is 0 Å². The lowest BCUT2D eigenvalue weighted by molar-refractivity contribution is -0.127. The van der Waals surface area contributed by atoms with E-state index in [-0.39, 0.29) is 11.2 Å². The molecule has 0 saturated carbocycles. The number of rotatable bonds is 4. The normalized spacial score (nSPS) is 12.1. The topological polar surface area (TPSA) is 20.3 Å². The van der Waals surface area contributed by atoms with E-state index in [0.717, 1.165) is 10.3 Å². The van der Waals surface area contributed by atoms with Crippen molar-refractivity contribution in [1.29, 1.82) is 0 Å². The minimum Gasteiger partial charge on any atom is -0.298 e. The Kier molecular flexibility index (Phi) is 4.71. The Labute approximate surface area is 110 Å². The second-order valence-electron chi connectivity index (χ2n) is 5.10. The molecule has 0 saturated heterocycles. The van der Waals surface area contributed by atoms with Gasteiger partial charge in [0.15, 0.2) is 5.78 Å². The maximum atomic E-state index is 11.8. The van der Waals surface area contributed by atoms with E-state index in [4.69, 9.17) is 0 Å². The van der Waals surface area contributed by atoms with Crippen molar-refractivity contribution in [2.75, 3.05) is 13.6 Å². The molecule has 0 spiro atoms. The van der Waals surface area contributed by atoms with Crippen LogP contribution in [0, 0.1) is 5.41 Å². The molecule has 0 aliphatic carbocycles. The van der Waals surface area contributed by atoms with Crippen LogP contribution in [0.1, 0.15) is 26.3 Å². The van der Waals surface area contributed by atoms with Gasteiger partial charge in [-0.3, -0.25) is 9.69 Å². The first-order valence-electron chi connectivity index (χ1n) is 5.24. The number of Topliss-reactive ketones (excluding diaryl/α,β-unsaturated/α-hetero) is 1. The fraction of sp³-hybridized carbons (Fsp3) is 0.583. The fourth-order valence-electron chi connectivity index (χ4n) is 1.28. The standard InChI is InChI=1S/C12H18BrNOS/c1-12(2,3)10(15)7-14(4)6-9-5-11(13)16-8-9/h5,8H,6-7H2,1-4H3. The quantitative estimate of drug-likeness (QED) is 0.848. The molecule has 0 aliphatic rings. The summed E-state index contributed by atoms with van der Waals surface area (Å²) in [4.78, 5) is 13.9. The first kappa shape index (κ1) is 13.9. The molecule has 1 heterocycles. The molecule has 0 unspecified atom stereocenters. The third-order valence-corrected chi connectivity index (χ3v) is 3.88. The van der Waals surface area contributed by atoms with Crippen molar-refractivity contribution in [1.82, 2.24) is 4.90 Å². The van der Waals surface area contributed by atoms with Crippen LogP contribution in [-0.2, 0) is 11.3 Å². The molecule has 16 heavy (non-hydrogen) atoms. The van der Waals surface area contributed by atoms with Crippen molar-refractivity contribution in [3.8, 4) is 0 Å². The summed E-state index contributed by atoms with van der Waals surface area (Å²) in [5.74, 6) is 0.282. The Morgan fingerprint density at radius 3 is 2.56 bits per heavy atom. The highest BCUT2D eigenvalue weighted by Gasteiger charge is 2.22. The minimum atomic E-state index is -0.247. The average molecular weight is 304 g/mol. The summed E-state index contributed by atoms with van der Waals surface area (Å²) in [6.45, 7) is 7.22. The highest BCUT2D eigenvalue weighted by atomic mass is 79.9. The second-order valence-corrected chi connectivity index (χ2v) is 7.40. The van der Waals surface area contributed by atoms with Crippen LogP contribution in [0.15, 0.2) is 15.2 Å². The highest BCUT2D eigenvalue weighted by Crippen LogP contribution is 2.22. The van der Waals surface area contributed by atoms with E-state index in [0.29, 0.717) is 6.54 Å². The Balaban J connectivity index is 2.48. The number of nitrogens with zero attached hydrogens (tertiary/aromatic N) is 1. The zero-order valence-corrected chi connectivity index (χ0v) is 12.6. The summed E-state index contributed by atoms with van der Waals surface area (Å²) in [7, 11) is 1.98. The summed E-state index contributed by atoms with van der Waals surface area (Å²) >= 11 is 5.11.